The second kappa shape index (κ2) is 12.2. The van der Waals surface area contributed by atoms with Crippen LogP contribution in [0.1, 0.15) is 44.8 Å². The third-order valence-corrected chi connectivity index (χ3v) is 8.60. The van der Waals surface area contributed by atoms with Gasteiger partial charge in [0.15, 0.2) is 0 Å². The van der Waals surface area contributed by atoms with E-state index in [0.717, 1.165) is 44.7 Å². The zero-order valence-electron chi connectivity index (χ0n) is 22.4. The minimum Gasteiger partial charge on any atom is -0.340 e. The van der Waals surface area contributed by atoms with Crippen LogP contribution in [0.3, 0.4) is 0 Å². The van der Waals surface area contributed by atoms with Crippen molar-refractivity contribution in [2.24, 2.45) is 0 Å². The third kappa shape index (κ3) is 6.34. The summed E-state index contributed by atoms with van der Waals surface area (Å²) < 4.78 is 0. The molecule has 0 radical (unpaired) electrons. The molecule has 7 heteroatoms. The first kappa shape index (κ1) is 26.6. The second-order valence-electron chi connectivity index (χ2n) is 10.6. The zero-order chi connectivity index (χ0) is 26.5. The first-order chi connectivity index (χ1) is 18.5. The molecule has 3 aromatic rings. The number of thiophene rings is 1. The smallest absolute Gasteiger partial charge is 0.254 e. The van der Waals surface area contributed by atoms with Gasteiger partial charge in [0.2, 0.25) is 5.91 Å². The summed E-state index contributed by atoms with van der Waals surface area (Å²) in [4.78, 5) is 35.3. The van der Waals surface area contributed by atoms with Gasteiger partial charge in [0.05, 0.1) is 0 Å². The summed E-state index contributed by atoms with van der Waals surface area (Å²) in [6, 6.07) is 20.3. The van der Waals surface area contributed by atoms with Crippen LogP contribution < -0.4 is 5.32 Å². The van der Waals surface area contributed by atoms with Crippen LogP contribution >= 0.6 is 11.3 Å². The molecule has 2 unspecified atom stereocenters. The molecule has 2 saturated heterocycles. The van der Waals surface area contributed by atoms with Crippen LogP contribution in [0.2, 0.25) is 0 Å². The van der Waals surface area contributed by atoms with E-state index >= 15 is 0 Å². The number of amides is 2. The van der Waals surface area contributed by atoms with Gasteiger partial charge in [-0.3, -0.25) is 14.5 Å². The summed E-state index contributed by atoms with van der Waals surface area (Å²) in [6.45, 7) is 9.41. The molecule has 2 aromatic carbocycles. The molecule has 2 aliphatic rings. The minimum absolute atomic E-state index is 0.0507. The van der Waals surface area contributed by atoms with Crippen LogP contribution in [-0.4, -0.2) is 71.3 Å². The number of nitrogens with zero attached hydrogens (tertiary/aromatic N) is 3. The molecule has 2 atom stereocenters. The zero-order valence-corrected chi connectivity index (χ0v) is 23.3. The van der Waals surface area contributed by atoms with Gasteiger partial charge in [-0.1, -0.05) is 53.6 Å². The molecular formula is C31H38N4O2S. The summed E-state index contributed by atoms with van der Waals surface area (Å²) in [5, 5.41) is 5.50. The molecule has 0 spiro atoms. The largest absolute Gasteiger partial charge is 0.340 e. The van der Waals surface area contributed by atoms with Crippen LogP contribution in [0, 0.1) is 13.8 Å². The lowest BCUT2D eigenvalue weighted by Crippen LogP contribution is -2.48. The highest BCUT2D eigenvalue weighted by molar-refractivity contribution is 7.09. The van der Waals surface area contributed by atoms with Gasteiger partial charge in [-0.15, -0.1) is 11.3 Å². The topological polar surface area (TPSA) is 55.9 Å². The number of likely N-dealkylation sites (tertiary alicyclic amines) is 1. The summed E-state index contributed by atoms with van der Waals surface area (Å²) in [5.74, 6) is 0.0354. The van der Waals surface area contributed by atoms with Crippen molar-refractivity contribution in [1.82, 2.24) is 20.0 Å². The Labute approximate surface area is 230 Å². The standard InChI is InChI=1S/C31H38N4O2S/c1-23-6-10-25(11-7-23)20-34(22-28-5-3-18-38-28)27-19-29(31(37)33-16-4-14-32-15-17-33)35(21-27)30(36)26-12-8-24(2)9-13-26/h3,5-13,18,27,29,32H,4,14-17,19-22H2,1-2H3. The Morgan fingerprint density at radius 3 is 2.39 bits per heavy atom. The molecule has 38 heavy (non-hydrogen) atoms. The molecule has 2 amide bonds. The average molecular weight is 531 g/mol. The maximum absolute atomic E-state index is 13.9. The van der Waals surface area contributed by atoms with Crippen molar-refractivity contribution in [2.75, 3.05) is 32.7 Å². The molecule has 1 N–H and O–H groups in total. The van der Waals surface area contributed by atoms with E-state index in [2.05, 4.69) is 58.9 Å². The van der Waals surface area contributed by atoms with Crippen LogP contribution in [0.5, 0.6) is 0 Å². The van der Waals surface area contributed by atoms with Gasteiger partial charge < -0.3 is 15.1 Å². The maximum Gasteiger partial charge on any atom is 0.254 e. The summed E-state index contributed by atoms with van der Waals surface area (Å²) in [7, 11) is 0. The molecule has 200 valence electrons. The Balaban J connectivity index is 1.43. The normalized spacial score (nSPS) is 20.1. The van der Waals surface area contributed by atoms with Crippen molar-refractivity contribution in [1.29, 1.82) is 0 Å². The van der Waals surface area contributed by atoms with Crippen LogP contribution in [-0.2, 0) is 17.9 Å². The molecule has 3 heterocycles. The Morgan fingerprint density at radius 2 is 1.68 bits per heavy atom. The van der Waals surface area contributed by atoms with Crippen LogP contribution in [0.25, 0.3) is 0 Å². The summed E-state index contributed by atoms with van der Waals surface area (Å²) in [5.41, 5.74) is 4.25. The predicted molar refractivity (Wildman–Crippen MR) is 153 cm³/mol. The third-order valence-electron chi connectivity index (χ3n) is 7.74. The number of hydrogen-bond donors (Lipinski definition) is 1. The fourth-order valence-corrected chi connectivity index (χ4v) is 6.25. The number of carbonyl (C=O) groups is 2. The van der Waals surface area contributed by atoms with E-state index in [-0.39, 0.29) is 17.9 Å². The maximum atomic E-state index is 13.9. The minimum atomic E-state index is -0.448. The summed E-state index contributed by atoms with van der Waals surface area (Å²) in [6.07, 6.45) is 1.59. The highest BCUT2D eigenvalue weighted by Crippen LogP contribution is 2.29. The quantitative estimate of drug-likeness (QED) is 0.490. The fourth-order valence-electron chi connectivity index (χ4n) is 5.52. The fraction of sp³-hybridized carbons (Fsp3) is 0.419. The van der Waals surface area contributed by atoms with Crippen molar-refractivity contribution < 1.29 is 9.59 Å². The van der Waals surface area contributed by atoms with Gasteiger partial charge in [-0.2, -0.15) is 0 Å². The van der Waals surface area contributed by atoms with Gasteiger partial charge in [0.25, 0.3) is 5.91 Å². The van der Waals surface area contributed by atoms with Crippen molar-refractivity contribution in [3.63, 3.8) is 0 Å². The molecule has 2 fully saturated rings. The van der Waals surface area contributed by atoms with E-state index in [1.54, 1.807) is 11.3 Å². The molecule has 0 aliphatic carbocycles. The van der Waals surface area contributed by atoms with Gasteiger partial charge in [0, 0.05) is 55.8 Å². The first-order valence-corrected chi connectivity index (χ1v) is 14.5. The molecule has 2 aliphatic heterocycles. The van der Waals surface area contributed by atoms with Crippen molar-refractivity contribution >= 4 is 23.2 Å². The summed E-state index contributed by atoms with van der Waals surface area (Å²) >= 11 is 1.76. The number of benzene rings is 2. The van der Waals surface area contributed by atoms with E-state index < -0.39 is 6.04 Å². The second-order valence-corrected chi connectivity index (χ2v) is 11.7. The SMILES string of the molecule is Cc1ccc(CN(Cc2cccs2)C2CC(C(=O)N3CCCNCC3)N(C(=O)c3ccc(C)cc3)C2)cc1. The Bertz CT molecular complexity index is 1200. The van der Waals surface area contributed by atoms with Gasteiger partial charge in [-0.25, -0.2) is 0 Å². The van der Waals surface area contributed by atoms with Gasteiger partial charge in [-0.05, 0) is 62.4 Å². The molecule has 1 aromatic heterocycles. The lowest BCUT2D eigenvalue weighted by Gasteiger charge is -2.29. The lowest BCUT2D eigenvalue weighted by molar-refractivity contribution is -0.135. The van der Waals surface area contributed by atoms with Gasteiger partial charge in [0.1, 0.15) is 6.04 Å². The highest BCUT2D eigenvalue weighted by atomic mass is 32.1. The number of carbonyl (C=O) groups excluding carboxylic acids is 2. The lowest BCUT2D eigenvalue weighted by atomic mass is 10.1. The number of aryl methyl sites for hydroxylation is 2. The monoisotopic (exact) mass is 530 g/mol. The molecule has 5 rings (SSSR count). The number of nitrogens with one attached hydrogen (secondary N) is 1. The molecule has 6 nitrogen and oxygen atoms in total. The van der Waals surface area contributed by atoms with Crippen LogP contribution in [0.4, 0.5) is 0 Å². The van der Waals surface area contributed by atoms with Gasteiger partial charge >= 0.3 is 0 Å². The Morgan fingerprint density at radius 1 is 0.947 bits per heavy atom. The number of hydrogen-bond acceptors (Lipinski definition) is 5. The van der Waals surface area contributed by atoms with E-state index in [9.17, 15) is 9.59 Å². The average Bonchev–Trinajstić information content (AvgIpc) is 3.52. The van der Waals surface area contributed by atoms with Crippen molar-refractivity contribution in [3.8, 4) is 0 Å². The molecule has 0 bridgehead atoms. The molecule has 0 saturated carbocycles. The predicted octanol–water partition coefficient (Wildman–Crippen LogP) is 4.47. The van der Waals surface area contributed by atoms with E-state index in [4.69, 9.17) is 0 Å². The van der Waals surface area contributed by atoms with E-state index in [1.807, 2.05) is 41.0 Å². The van der Waals surface area contributed by atoms with Crippen molar-refractivity contribution in [3.05, 3.63) is 93.2 Å². The highest BCUT2D eigenvalue weighted by Gasteiger charge is 2.43. The van der Waals surface area contributed by atoms with Crippen molar-refractivity contribution in [2.45, 2.75) is 51.9 Å². The Kier molecular flexibility index (Phi) is 8.57. The Hall–Kier alpha value is -3.00. The molecular weight excluding hydrogens is 492 g/mol. The first-order valence-electron chi connectivity index (χ1n) is 13.7. The van der Waals surface area contributed by atoms with E-state index in [1.165, 1.54) is 16.0 Å². The number of rotatable bonds is 7. The van der Waals surface area contributed by atoms with Crippen LogP contribution in [0.15, 0.2) is 66.0 Å². The van der Waals surface area contributed by atoms with E-state index in [0.29, 0.717) is 25.1 Å².